The molecule has 0 saturated carbocycles. The molecule has 0 fully saturated rings. The Morgan fingerprint density at radius 1 is 1.67 bits per heavy atom. The normalized spacial score (nSPS) is 9.42. The lowest BCUT2D eigenvalue weighted by molar-refractivity contribution is -0.115. The van der Waals surface area contributed by atoms with Crippen molar-refractivity contribution < 1.29 is 4.79 Å². The van der Waals surface area contributed by atoms with Crippen molar-refractivity contribution in [2.24, 2.45) is 0 Å². The minimum atomic E-state index is -0.278. The molecule has 12 heavy (non-hydrogen) atoms. The zero-order chi connectivity index (χ0) is 8.97. The Hall–Kier alpha value is -1.58. The monoisotopic (exact) mass is 166 g/mol. The lowest BCUT2D eigenvalue weighted by Gasteiger charge is -1.99. The Labute approximate surface area is 69.6 Å². The Morgan fingerprint density at radius 3 is 3.00 bits per heavy atom. The Morgan fingerprint density at radius 2 is 2.42 bits per heavy atom. The molecule has 4 heteroatoms. The summed E-state index contributed by atoms with van der Waals surface area (Å²) in [5, 5.41) is 2.48. The number of hydrogen-bond acceptors (Lipinski definition) is 2. The summed E-state index contributed by atoms with van der Waals surface area (Å²) in [7, 11) is 0. The van der Waals surface area contributed by atoms with E-state index in [0.29, 0.717) is 12.1 Å². The van der Waals surface area contributed by atoms with E-state index in [4.69, 9.17) is 0 Å². The van der Waals surface area contributed by atoms with Crippen molar-refractivity contribution >= 4 is 11.6 Å². The molecule has 0 radical (unpaired) electrons. The van der Waals surface area contributed by atoms with Crippen LogP contribution in [0, 0.1) is 0 Å². The number of hydrogen-bond donors (Lipinski definition) is 2. The second-order valence-electron chi connectivity index (χ2n) is 2.31. The molecule has 0 bridgehead atoms. The molecule has 0 aliphatic carbocycles. The Kier molecular flexibility index (Phi) is 2.63. The van der Waals surface area contributed by atoms with Crippen molar-refractivity contribution in [2.45, 2.75) is 13.3 Å². The molecule has 64 valence electrons. The molecule has 0 aromatic carbocycles. The van der Waals surface area contributed by atoms with E-state index >= 15 is 0 Å². The molecule has 1 amide bonds. The smallest absolute Gasteiger partial charge is 0.271 e. The van der Waals surface area contributed by atoms with Crippen LogP contribution in [0.25, 0.3) is 0 Å². The molecule has 1 aromatic rings. The zero-order valence-corrected chi connectivity index (χ0v) is 6.76. The maximum atomic E-state index is 11.0. The van der Waals surface area contributed by atoms with Crippen molar-refractivity contribution in [1.82, 2.24) is 4.98 Å². The summed E-state index contributed by atoms with van der Waals surface area (Å²) in [4.78, 5) is 24.3. The van der Waals surface area contributed by atoms with Gasteiger partial charge in [-0.05, 0) is 12.1 Å². The second-order valence-corrected chi connectivity index (χ2v) is 2.31. The van der Waals surface area contributed by atoms with Crippen LogP contribution >= 0.6 is 0 Å². The molecule has 0 spiro atoms. The molecule has 1 rings (SSSR count). The summed E-state index contributed by atoms with van der Waals surface area (Å²) in [5.74, 6) is -0.160. The minimum Gasteiger partial charge on any atom is -0.327 e. The fraction of sp³-hybridized carbons (Fsp3) is 0.250. The first kappa shape index (κ1) is 8.52. The number of aromatic amines is 1. The summed E-state index contributed by atoms with van der Waals surface area (Å²) in [5.41, 5.74) is 0.0173. The molecule has 2 N–H and O–H groups in total. The minimum absolute atomic E-state index is 0.160. The topological polar surface area (TPSA) is 62.0 Å². The molecular formula is C8H10N2O2. The van der Waals surface area contributed by atoms with E-state index in [1.54, 1.807) is 19.1 Å². The largest absolute Gasteiger partial charge is 0.327 e. The van der Waals surface area contributed by atoms with Gasteiger partial charge in [0.25, 0.3) is 5.56 Å². The van der Waals surface area contributed by atoms with Gasteiger partial charge >= 0.3 is 0 Å². The third-order valence-corrected chi connectivity index (χ3v) is 1.41. The molecule has 0 aliphatic heterocycles. The van der Waals surface area contributed by atoms with Gasteiger partial charge in [-0.2, -0.15) is 0 Å². The average Bonchev–Trinajstić information content (AvgIpc) is 2.09. The van der Waals surface area contributed by atoms with Crippen molar-refractivity contribution in [2.75, 3.05) is 5.32 Å². The van der Waals surface area contributed by atoms with E-state index in [1.165, 1.54) is 6.20 Å². The van der Waals surface area contributed by atoms with Gasteiger partial charge in [-0.3, -0.25) is 9.59 Å². The van der Waals surface area contributed by atoms with Crippen LogP contribution in [-0.4, -0.2) is 10.9 Å². The fourth-order valence-corrected chi connectivity index (χ4v) is 0.759. The zero-order valence-electron chi connectivity index (χ0n) is 6.76. The number of rotatable bonds is 2. The number of pyridine rings is 1. The van der Waals surface area contributed by atoms with Crippen LogP contribution in [-0.2, 0) is 4.79 Å². The molecule has 4 nitrogen and oxygen atoms in total. The van der Waals surface area contributed by atoms with E-state index in [2.05, 4.69) is 10.3 Å². The summed E-state index contributed by atoms with van der Waals surface area (Å²) in [6.45, 7) is 1.73. The van der Waals surface area contributed by atoms with E-state index in [-0.39, 0.29) is 11.5 Å². The highest BCUT2D eigenvalue weighted by Gasteiger charge is 2.00. The summed E-state index contributed by atoms with van der Waals surface area (Å²) in [6.07, 6.45) is 1.89. The molecule has 0 aliphatic rings. The number of nitrogens with one attached hydrogen (secondary N) is 2. The lowest BCUT2D eigenvalue weighted by Crippen LogP contribution is -2.18. The number of carbonyl (C=O) groups excluding carboxylic acids is 1. The fourth-order valence-electron chi connectivity index (χ4n) is 0.759. The van der Waals surface area contributed by atoms with Gasteiger partial charge in [-0.15, -0.1) is 0 Å². The van der Waals surface area contributed by atoms with Crippen LogP contribution in [0.3, 0.4) is 0 Å². The molecule has 0 unspecified atom stereocenters. The van der Waals surface area contributed by atoms with Gasteiger partial charge in [0, 0.05) is 12.6 Å². The van der Waals surface area contributed by atoms with Crippen LogP contribution in [0.4, 0.5) is 5.69 Å². The van der Waals surface area contributed by atoms with Crippen LogP contribution in [0.15, 0.2) is 23.1 Å². The SMILES string of the molecule is CCC(=O)Nc1ccc[nH]c1=O. The van der Waals surface area contributed by atoms with Crippen molar-refractivity contribution in [1.29, 1.82) is 0 Å². The first-order valence-electron chi connectivity index (χ1n) is 3.71. The molecule has 1 aromatic heterocycles. The third-order valence-electron chi connectivity index (χ3n) is 1.41. The summed E-state index contributed by atoms with van der Waals surface area (Å²) < 4.78 is 0. The maximum Gasteiger partial charge on any atom is 0.271 e. The van der Waals surface area contributed by atoms with Gasteiger partial charge in [-0.1, -0.05) is 6.92 Å². The van der Waals surface area contributed by atoms with Gasteiger partial charge in [-0.25, -0.2) is 0 Å². The van der Waals surface area contributed by atoms with Gasteiger partial charge in [0.2, 0.25) is 5.91 Å². The van der Waals surface area contributed by atoms with E-state index in [9.17, 15) is 9.59 Å². The predicted molar refractivity (Wildman–Crippen MR) is 46.0 cm³/mol. The van der Waals surface area contributed by atoms with Gasteiger partial charge < -0.3 is 10.3 Å². The first-order chi connectivity index (χ1) is 5.74. The predicted octanol–water partition coefficient (Wildman–Crippen LogP) is 0.723. The maximum absolute atomic E-state index is 11.0. The number of aromatic nitrogens is 1. The number of anilines is 1. The average molecular weight is 166 g/mol. The molecule has 1 heterocycles. The quantitative estimate of drug-likeness (QED) is 0.680. The number of amides is 1. The first-order valence-corrected chi connectivity index (χ1v) is 3.71. The van der Waals surface area contributed by atoms with E-state index in [0.717, 1.165) is 0 Å². The van der Waals surface area contributed by atoms with Crippen molar-refractivity contribution in [3.05, 3.63) is 28.7 Å². The number of H-pyrrole nitrogens is 1. The van der Waals surface area contributed by atoms with Crippen LogP contribution in [0.2, 0.25) is 0 Å². The van der Waals surface area contributed by atoms with E-state index < -0.39 is 0 Å². The van der Waals surface area contributed by atoms with Crippen LogP contribution in [0.5, 0.6) is 0 Å². The van der Waals surface area contributed by atoms with Gasteiger partial charge in [0.05, 0.1) is 0 Å². The molecule has 0 atom stereocenters. The highest BCUT2D eigenvalue weighted by molar-refractivity contribution is 5.90. The Balaban J connectivity index is 2.83. The van der Waals surface area contributed by atoms with Gasteiger partial charge in [0.1, 0.15) is 5.69 Å². The van der Waals surface area contributed by atoms with Gasteiger partial charge in [0.15, 0.2) is 0 Å². The second kappa shape index (κ2) is 3.71. The summed E-state index contributed by atoms with van der Waals surface area (Å²) in [6, 6.07) is 3.22. The van der Waals surface area contributed by atoms with Crippen LogP contribution < -0.4 is 10.9 Å². The highest BCUT2D eigenvalue weighted by atomic mass is 16.2. The van der Waals surface area contributed by atoms with Crippen LogP contribution in [0.1, 0.15) is 13.3 Å². The van der Waals surface area contributed by atoms with Crippen molar-refractivity contribution in [3.63, 3.8) is 0 Å². The third kappa shape index (κ3) is 1.95. The molecule has 0 saturated heterocycles. The molecular weight excluding hydrogens is 156 g/mol. The standard InChI is InChI=1S/C8H10N2O2/c1-2-7(11)10-6-4-3-5-9-8(6)12/h3-5H,2H2,1H3,(H,9,12)(H,10,11). The number of carbonyl (C=O) groups is 1. The Bertz CT molecular complexity index is 330. The van der Waals surface area contributed by atoms with Crippen molar-refractivity contribution in [3.8, 4) is 0 Å². The summed E-state index contributed by atoms with van der Waals surface area (Å²) >= 11 is 0. The lowest BCUT2D eigenvalue weighted by atomic mass is 10.4. The van der Waals surface area contributed by atoms with E-state index in [1.807, 2.05) is 0 Å². The highest BCUT2D eigenvalue weighted by Crippen LogP contribution is 1.96.